The number of carbonyl (C=O) groups is 3. The van der Waals surface area contributed by atoms with Crippen molar-refractivity contribution in [2.45, 2.75) is 0 Å². The maximum atomic E-state index is 11.9. The van der Waals surface area contributed by atoms with Crippen molar-refractivity contribution in [3.05, 3.63) is 27.8 Å². The summed E-state index contributed by atoms with van der Waals surface area (Å²) in [6, 6.07) is 2.05. The predicted molar refractivity (Wildman–Crippen MR) is 71.0 cm³/mol. The van der Waals surface area contributed by atoms with Gasteiger partial charge >= 0.3 is 11.8 Å². The SMILES string of the molecule is COc1cc(C(=O)NNC(=O)C(N)=O)c([N+](=O)[O-])cc1OC. The number of hydrazine groups is 1. The molecule has 0 saturated carbocycles. The summed E-state index contributed by atoms with van der Waals surface area (Å²) in [4.78, 5) is 43.5. The van der Waals surface area contributed by atoms with Gasteiger partial charge in [-0.25, -0.2) is 0 Å². The number of nitro benzene ring substituents is 1. The summed E-state index contributed by atoms with van der Waals surface area (Å²) in [5.41, 5.74) is 7.21. The van der Waals surface area contributed by atoms with E-state index in [0.29, 0.717) is 0 Å². The third-order valence-electron chi connectivity index (χ3n) is 2.46. The fourth-order valence-electron chi connectivity index (χ4n) is 1.44. The second kappa shape index (κ2) is 6.88. The van der Waals surface area contributed by atoms with Gasteiger partial charge in [0.25, 0.3) is 11.6 Å². The molecule has 0 bridgehead atoms. The highest BCUT2D eigenvalue weighted by Gasteiger charge is 2.25. The summed E-state index contributed by atoms with van der Waals surface area (Å²) in [7, 11) is 2.55. The summed E-state index contributed by atoms with van der Waals surface area (Å²) >= 11 is 0. The van der Waals surface area contributed by atoms with Crippen LogP contribution in [0.1, 0.15) is 10.4 Å². The minimum absolute atomic E-state index is 0.0481. The van der Waals surface area contributed by atoms with Gasteiger partial charge in [0.2, 0.25) is 0 Å². The Kier molecular flexibility index (Phi) is 5.21. The zero-order valence-corrected chi connectivity index (χ0v) is 11.5. The fourth-order valence-corrected chi connectivity index (χ4v) is 1.44. The molecule has 118 valence electrons. The van der Waals surface area contributed by atoms with Crippen LogP contribution in [0.3, 0.4) is 0 Å². The van der Waals surface area contributed by atoms with Crippen molar-refractivity contribution in [3.8, 4) is 11.5 Å². The van der Waals surface area contributed by atoms with E-state index in [2.05, 4.69) is 5.73 Å². The Labute approximate surface area is 123 Å². The summed E-state index contributed by atoms with van der Waals surface area (Å²) < 4.78 is 9.84. The number of carbonyl (C=O) groups excluding carboxylic acids is 3. The number of methoxy groups -OCH3 is 2. The second-order valence-electron chi connectivity index (χ2n) is 3.75. The summed E-state index contributed by atoms with van der Waals surface area (Å²) in [5.74, 6) is -3.53. The van der Waals surface area contributed by atoms with Crippen LogP contribution >= 0.6 is 0 Å². The average Bonchev–Trinajstić information content (AvgIpc) is 2.50. The molecule has 0 spiro atoms. The van der Waals surface area contributed by atoms with Gasteiger partial charge in [0.05, 0.1) is 25.2 Å². The van der Waals surface area contributed by atoms with Crippen molar-refractivity contribution in [1.29, 1.82) is 0 Å². The number of nitrogens with one attached hydrogen (secondary N) is 2. The molecular formula is C11H12N4O7. The van der Waals surface area contributed by atoms with Crippen LogP contribution < -0.4 is 26.1 Å². The number of hydrogen-bond acceptors (Lipinski definition) is 7. The number of nitrogens with zero attached hydrogens (tertiary/aromatic N) is 1. The Hall–Kier alpha value is -3.37. The van der Waals surface area contributed by atoms with Crippen LogP contribution in [0.5, 0.6) is 11.5 Å². The molecule has 22 heavy (non-hydrogen) atoms. The van der Waals surface area contributed by atoms with Crippen LogP contribution in [-0.4, -0.2) is 36.9 Å². The molecule has 1 aromatic rings. The van der Waals surface area contributed by atoms with Crippen LogP contribution in [-0.2, 0) is 9.59 Å². The first-order chi connectivity index (χ1) is 10.3. The minimum Gasteiger partial charge on any atom is -0.493 e. The third-order valence-corrected chi connectivity index (χ3v) is 2.46. The molecule has 0 aliphatic heterocycles. The Balaban J connectivity index is 3.15. The molecule has 0 aliphatic carbocycles. The molecule has 3 amide bonds. The summed E-state index contributed by atoms with van der Waals surface area (Å²) in [5, 5.41) is 11.0. The highest BCUT2D eigenvalue weighted by Crippen LogP contribution is 2.34. The highest BCUT2D eigenvalue weighted by atomic mass is 16.6. The number of ether oxygens (including phenoxy) is 2. The lowest BCUT2D eigenvalue weighted by Crippen LogP contribution is -2.47. The lowest BCUT2D eigenvalue weighted by molar-refractivity contribution is -0.385. The molecule has 4 N–H and O–H groups in total. The monoisotopic (exact) mass is 312 g/mol. The molecule has 11 heteroatoms. The molecular weight excluding hydrogens is 300 g/mol. The molecule has 11 nitrogen and oxygen atoms in total. The van der Waals surface area contributed by atoms with Crippen LogP contribution in [0.4, 0.5) is 5.69 Å². The van der Waals surface area contributed by atoms with Crippen LogP contribution in [0, 0.1) is 10.1 Å². The van der Waals surface area contributed by atoms with Gasteiger partial charge in [-0.2, -0.15) is 0 Å². The zero-order chi connectivity index (χ0) is 16.9. The first-order valence-electron chi connectivity index (χ1n) is 5.62. The van der Waals surface area contributed by atoms with E-state index in [1.54, 1.807) is 5.43 Å². The van der Waals surface area contributed by atoms with Crippen LogP contribution in [0.2, 0.25) is 0 Å². The standard InChI is InChI=1S/C11H12N4O7/c1-21-7-3-5(6(15(19)20)4-8(7)22-2)10(17)13-14-11(18)9(12)16/h3-4H,1-2H3,(H2,12,16)(H,13,17)(H,14,18). The van der Waals surface area contributed by atoms with E-state index in [-0.39, 0.29) is 11.5 Å². The lowest BCUT2D eigenvalue weighted by atomic mass is 10.1. The molecule has 0 unspecified atom stereocenters. The van der Waals surface area contributed by atoms with E-state index in [4.69, 9.17) is 9.47 Å². The molecule has 0 aliphatic rings. The van der Waals surface area contributed by atoms with Crippen molar-refractivity contribution in [3.63, 3.8) is 0 Å². The van der Waals surface area contributed by atoms with E-state index in [9.17, 15) is 24.5 Å². The van der Waals surface area contributed by atoms with Crippen LogP contribution in [0.25, 0.3) is 0 Å². The third kappa shape index (κ3) is 3.59. The number of nitrogens with two attached hydrogens (primary N) is 1. The quantitative estimate of drug-likeness (QED) is 0.359. The van der Waals surface area contributed by atoms with Gasteiger partial charge in [0.15, 0.2) is 11.5 Å². The molecule has 0 aromatic heterocycles. The topological polar surface area (TPSA) is 163 Å². The van der Waals surface area contributed by atoms with E-state index >= 15 is 0 Å². The van der Waals surface area contributed by atoms with Crippen molar-refractivity contribution in [2.24, 2.45) is 5.73 Å². The van der Waals surface area contributed by atoms with Gasteiger partial charge in [0.1, 0.15) is 5.56 Å². The van der Waals surface area contributed by atoms with Crippen molar-refractivity contribution in [2.75, 3.05) is 14.2 Å². The molecule has 1 rings (SSSR count). The molecule has 0 fully saturated rings. The number of benzene rings is 1. The van der Waals surface area contributed by atoms with Crippen molar-refractivity contribution in [1.82, 2.24) is 10.9 Å². The Morgan fingerprint density at radius 3 is 2.14 bits per heavy atom. The number of rotatable bonds is 4. The van der Waals surface area contributed by atoms with Gasteiger partial charge < -0.3 is 15.2 Å². The predicted octanol–water partition coefficient (Wildman–Crippen LogP) is -1.14. The highest BCUT2D eigenvalue weighted by molar-refractivity contribution is 6.34. The smallest absolute Gasteiger partial charge is 0.327 e. The van der Waals surface area contributed by atoms with Crippen molar-refractivity contribution >= 4 is 23.4 Å². The van der Waals surface area contributed by atoms with E-state index in [1.807, 2.05) is 5.43 Å². The van der Waals surface area contributed by atoms with Crippen molar-refractivity contribution < 1.29 is 28.8 Å². The number of hydrogen-bond donors (Lipinski definition) is 3. The van der Waals surface area contributed by atoms with Gasteiger partial charge in [0, 0.05) is 6.07 Å². The number of primary amides is 1. The maximum Gasteiger partial charge on any atom is 0.327 e. The van der Waals surface area contributed by atoms with E-state index in [0.717, 1.165) is 12.1 Å². The van der Waals surface area contributed by atoms with Crippen LogP contribution in [0.15, 0.2) is 12.1 Å². The average molecular weight is 312 g/mol. The minimum atomic E-state index is -1.33. The number of nitro groups is 1. The first kappa shape index (κ1) is 16.7. The van der Waals surface area contributed by atoms with Gasteiger partial charge in [-0.3, -0.25) is 35.3 Å². The first-order valence-corrected chi connectivity index (χ1v) is 5.62. The summed E-state index contributed by atoms with van der Waals surface area (Å²) in [6.07, 6.45) is 0. The van der Waals surface area contributed by atoms with E-state index < -0.39 is 33.9 Å². The maximum absolute atomic E-state index is 11.9. The Morgan fingerprint density at radius 1 is 1.14 bits per heavy atom. The fraction of sp³-hybridized carbons (Fsp3) is 0.182. The Bertz CT molecular complexity index is 644. The van der Waals surface area contributed by atoms with Gasteiger partial charge in [-0.15, -0.1) is 0 Å². The molecule has 0 radical (unpaired) electrons. The number of amides is 3. The largest absolute Gasteiger partial charge is 0.493 e. The normalized spacial score (nSPS) is 9.55. The second-order valence-corrected chi connectivity index (χ2v) is 3.75. The zero-order valence-electron chi connectivity index (χ0n) is 11.5. The summed E-state index contributed by atoms with van der Waals surface area (Å²) in [6.45, 7) is 0. The molecule has 0 saturated heterocycles. The molecule has 1 aromatic carbocycles. The van der Waals surface area contributed by atoms with E-state index in [1.165, 1.54) is 14.2 Å². The van der Waals surface area contributed by atoms with Gasteiger partial charge in [-0.1, -0.05) is 0 Å². The molecule has 0 atom stereocenters. The Morgan fingerprint density at radius 2 is 1.68 bits per heavy atom. The molecule has 0 heterocycles. The lowest BCUT2D eigenvalue weighted by Gasteiger charge is -2.11. The van der Waals surface area contributed by atoms with Gasteiger partial charge in [-0.05, 0) is 0 Å².